The molecule has 3 heterocycles. The Labute approximate surface area is 835 Å². The number of anilines is 9. The summed E-state index contributed by atoms with van der Waals surface area (Å²) in [5, 5.41) is 13.9. The van der Waals surface area contributed by atoms with E-state index in [1.807, 2.05) is 18.2 Å². The topological polar surface area (TPSA) is 49.1 Å². The monoisotopic (exact) mass is 1840 g/mol. The van der Waals surface area contributed by atoms with Crippen LogP contribution in [-0.4, -0.2) is 0 Å². The summed E-state index contributed by atoms with van der Waals surface area (Å²) in [5.74, 6) is 0. The van der Waals surface area contributed by atoms with Crippen molar-refractivity contribution in [2.24, 2.45) is 0 Å². The van der Waals surface area contributed by atoms with E-state index in [0.29, 0.717) is 0 Å². The lowest BCUT2D eigenvalue weighted by Crippen LogP contribution is -2.10. The van der Waals surface area contributed by atoms with Gasteiger partial charge in [0.05, 0.1) is 17.1 Å². The molecule has 0 amide bonds. The number of para-hydroxylation sites is 3. The zero-order valence-corrected chi connectivity index (χ0v) is 78.8. The molecule has 0 fully saturated rings. The van der Waals surface area contributed by atoms with Gasteiger partial charge in [-0.3, -0.25) is 0 Å². The number of rotatable bonds is 18. The number of nitrogens with zero attached hydrogens (tertiary/aromatic N) is 3. The van der Waals surface area contributed by atoms with Gasteiger partial charge in [0.25, 0.3) is 0 Å². The summed E-state index contributed by atoms with van der Waals surface area (Å²) in [6, 6.07) is 200. The Kier molecular flexibility index (Phi) is 23.0. The second kappa shape index (κ2) is 38.3. The second-order valence-electron chi connectivity index (χ2n) is 36.5. The van der Waals surface area contributed by atoms with Crippen LogP contribution in [0.25, 0.3) is 198 Å². The first kappa shape index (κ1) is 86.4. The van der Waals surface area contributed by atoms with Crippen LogP contribution in [0.5, 0.6) is 0 Å². The summed E-state index contributed by atoms with van der Waals surface area (Å²) in [6.07, 6.45) is 0. The fourth-order valence-corrected chi connectivity index (χ4v) is 20.7. The molecule has 24 aromatic carbocycles. The summed E-state index contributed by atoms with van der Waals surface area (Å²) in [6.45, 7) is 0. The van der Waals surface area contributed by atoms with Crippen LogP contribution in [0.3, 0.4) is 0 Å². The number of hydrogen-bond acceptors (Lipinski definition) is 6. The molecule has 0 aliphatic carbocycles. The van der Waals surface area contributed by atoms with Gasteiger partial charge in [-0.1, -0.05) is 443 Å². The fraction of sp³-hybridized carbons (Fsp3) is 0. The predicted molar refractivity (Wildman–Crippen MR) is 607 cm³/mol. The van der Waals surface area contributed by atoms with Gasteiger partial charge in [-0.2, -0.15) is 0 Å². The molecule has 0 radical (unpaired) electrons. The van der Waals surface area contributed by atoms with Gasteiger partial charge in [0.2, 0.25) is 0 Å². The van der Waals surface area contributed by atoms with Gasteiger partial charge in [-0.15, -0.1) is 0 Å². The number of fused-ring (bicyclic) bond motifs is 15. The minimum Gasteiger partial charge on any atom is -0.454 e. The first-order valence-electron chi connectivity index (χ1n) is 49.0. The summed E-state index contributed by atoms with van der Waals surface area (Å²) in [4.78, 5) is 7.00. The molecule has 0 spiro atoms. The van der Waals surface area contributed by atoms with E-state index in [-0.39, 0.29) is 0 Å². The molecule has 0 N–H and O–H groups in total. The first-order chi connectivity index (χ1) is 71.4. The van der Waals surface area contributed by atoms with Crippen molar-refractivity contribution in [3.8, 4) is 100 Å². The Bertz CT molecular complexity index is 9320. The maximum absolute atomic E-state index is 6.74. The molecule has 0 atom stereocenters. The van der Waals surface area contributed by atoms with Crippen molar-refractivity contribution in [2.75, 3.05) is 14.7 Å². The Morgan fingerprint density at radius 2 is 0.299 bits per heavy atom. The average Bonchev–Trinajstić information content (AvgIpc) is 1.58. The van der Waals surface area contributed by atoms with E-state index in [1.54, 1.807) is 0 Å². The normalized spacial score (nSPS) is 11.3. The molecule has 0 unspecified atom stereocenters. The maximum atomic E-state index is 6.74. The Morgan fingerprint density at radius 1 is 0.118 bits per heavy atom. The summed E-state index contributed by atoms with van der Waals surface area (Å²) < 4.78 is 20.2. The molecule has 0 aliphatic rings. The Morgan fingerprint density at radius 3 is 0.562 bits per heavy atom. The van der Waals surface area contributed by atoms with Crippen molar-refractivity contribution in [2.45, 2.75) is 0 Å². The van der Waals surface area contributed by atoms with E-state index < -0.39 is 0 Å². The average molecular weight is 1840 g/mol. The van der Waals surface area contributed by atoms with E-state index in [4.69, 9.17) is 13.3 Å². The highest BCUT2D eigenvalue weighted by atomic mass is 16.3. The molecule has 144 heavy (non-hydrogen) atoms. The smallest absolute Gasteiger partial charge is 0.160 e. The molecule has 6 heteroatoms. The van der Waals surface area contributed by atoms with Crippen molar-refractivity contribution in [1.29, 1.82) is 0 Å². The van der Waals surface area contributed by atoms with Gasteiger partial charge in [-0.25, -0.2) is 0 Å². The minimum absolute atomic E-state index is 0.875. The van der Waals surface area contributed by atoms with Gasteiger partial charge < -0.3 is 28.0 Å². The molecule has 0 bridgehead atoms. The molecule has 0 saturated heterocycles. The highest BCUT2D eigenvalue weighted by molar-refractivity contribution is 6.26. The molecule has 0 saturated carbocycles. The summed E-state index contributed by atoms with van der Waals surface area (Å²) >= 11 is 0. The van der Waals surface area contributed by atoms with Crippen LogP contribution in [0, 0.1) is 0 Å². The van der Waals surface area contributed by atoms with Crippen LogP contribution in [0.4, 0.5) is 51.2 Å². The largest absolute Gasteiger partial charge is 0.454 e. The third-order valence-corrected chi connectivity index (χ3v) is 27.8. The van der Waals surface area contributed by atoms with E-state index in [2.05, 4.69) is 561 Å². The Hall–Kier alpha value is -19.1. The van der Waals surface area contributed by atoms with Crippen molar-refractivity contribution < 1.29 is 13.3 Å². The van der Waals surface area contributed by atoms with Crippen molar-refractivity contribution in [1.82, 2.24) is 0 Å². The molecule has 678 valence electrons. The van der Waals surface area contributed by atoms with Gasteiger partial charge in [0.1, 0.15) is 16.7 Å². The lowest BCUT2D eigenvalue weighted by atomic mass is 9.98. The van der Waals surface area contributed by atoms with E-state index in [9.17, 15) is 0 Å². The molecule has 3 aromatic heterocycles. The maximum Gasteiger partial charge on any atom is 0.160 e. The van der Waals surface area contributed by atoms with Gasteiger partial charge >= 0.3 is 0 Å². The van der Waals surface area contributed by atoms with Crippen LogP contribution in [-0.2, 0) is 0 Å². The van der Waals surface area contributed by atoms with Crippen LogP contribution in [0.2, 0.25) is 0 Å². The minimum atomic E-state index is 0.875. The number of furan rings is 3. The lowest BCUT2D eigenvalue weighted by Gasteiger charge is -2.27. The number of benzene rings is 24. The van der Waals surface area contributed by atoms with Crippen molar-refractivity contribution >= 4 is 149 Å². The standard InChI is InChI=1S/3C46H31NO/c1-3-13-32(14-4-1)35-18-11-19-36(29-35)34-25-27-39(28-26-34)47(40-21-12-20-37(30-40)33-15-5-2-6-16-33)43-31-38-17-7-8-22-41(38)45-42-23-9-10-24-44(42)48-46(43)45;1-3-12-32(13-4-1)34-22-26-39(27-23-34)47(40-28-24-35(25-29-40)37-18-11-17-36(30-37)33-14-5-2-6-15-33)43-31-38-16-7-8-19-41(38)45-42-20-9-10-21-44(42)48-46(43)45;1-3-11-32(12-4-1)34-19-21-35(22-20-34)37-25-29-40(30-26-37)47(39-27-23-36(24-28-39)33-13-5-2-6-14-33)43-31-38-15-7-8-16-41(38)45-42-17-9-10-18-44(42)48-46(43)45/h3*1-31H. The number of hydrogen-bond donors (Lipinski definition) is 0. The molecule has 27 aromatic rings. The summed E-state index contributed by atoms with van der Waals surface area (Å²) in [7, 11) is 0. The summed E-state index contributed by atoms with van der Waals surface area (Å²) in [5.41, 5.74) is 36.1. The quantitative estimate of drug-likeness (QED) is 0.0853. The highest BCUT2D eigenvalue weighted by Crippen LogP contribution is 2.52. The molecule has 0 aliphatic heterocycles. The second-order valence-corrected chi connectivity index (χ2v) is 36.5. The van der Waals surface area contributed by atoms with E-state index in [0.717, 1.165) is 123 Å². The van der Waals surface area contributed by atoms with Crippen molar-refractivity contribution in [3.63, 3.8) is 0 Å². The zero-order valence-electron chi connectivity index (χ0n) is 78.8. The lowest BCUT2D eigenvalue weighted by molar-refractivity contribution is 0.669. The SMILES string of the molecule is c1ccc(-c2ccc(-c3ccc(N(c4ccc(-c5ccccc5)cc4)c4cc5ccccc5c5c4oc4ccccc45)cc3)cc2)cc1.c1ccc(-c2ccc(N(c3ccc(-c4cccc(-c5ccccc5)c4)cc3)c3cc4ccccc4c4c3oc3ccccc34)cc2)cc1.c1ccc(-c2cccc(-c3ccc(N(c4cccc(-c5ccccc5)c4)c4cc5ccccc5c5c4oc4ccccc45)cc3)c2)cc1. The molecule has 6 nitrogen and oxygen atoms in total. The van der Waals surface area contributed by atoms with Crippen LogP contribution < -0.4 is 14.7 Å². The van der Waals surface area contributed by atoms with E-state index >= 15 is 0 Å². The third-order valence-electron chi connectivity index (χ3n) is 27.8. The fourth-order valence-electron chi connectivity index (χ4n) is 20.7. The van der Waals surface area contributed by atoms with E-state index in [1.165, 1.54) is 127 Å². The molecule has 27 rings (SSSR count). The van der Waals surface area contributed by atoms with Gasteiger partial charge in [0.15, 0.2) is 16.7 Å². The third kappa shape index (κ3) is 16.9. The van der Waals surface area contributed by atoms with Crippen LogP contribution >= 0.6 is 0 Å². The Balaban J connectivity index is 0.000000113. The van der Waals surface area contributed by atoms with Gasteiger partial charge in [0, 0.05) is 66.4 Å². The van der Waals surface area contributed by atoms with Crippen molar-refractivity contribution in [3.05, 3.63) is 564 Å². The molecular formula is C138H93N3O3. The van der Waals surface area contributed by atoms with Crippen LogP contribution in [0.1, 0.15) is 0 Å². The zero-order chi connectivity index (χ0) is 95.6. The molecular weight excluding hydrogens is 1750 g/mol. The first-order valence-corrected chi connectivity index (χ1v) is 49.0. The predicted octanol–water partition coefficient (Wildman–Crippen LogP) is 39.6. The van der Waals surface area contributed by atoms with Crippen LogP contribution in [0.15, 0.2) is 577 Å². The van der Waals surface area contributed by atoms with Gasteiger partial charge in [-0.05, 0) is 254 Å². The highest BCUT2D eigenvalue weighted by Gasteiger charge is 2.28.